The van der Waals surface area contributed by atoms with E-state index in [1.807, 2.05) is 24.3 Å². The van der Waals surface area contributed by atoms with Crippen molar-refractivity contribution in [3.63, 3.8) is 0 Å². The van der Waals surface area contributed by atoms with Gasteiger partial charge in [0.05, 0.1) is 0 Å². The lowest BCUT2D eigenvalue weighted by Gasteiger charge is -2.05. The van der Waals surface area contributed by atoms with Crippen molar-refractivity contribution < 1.29 is 5.11 Å². The van der Waals surface area contributed by atoms with E-state index in [4.69, 9.17) is 11.5 Å². The summed E-state index contributed by atoms with van der Waals surface area (Å²) in [5.74, 6) is 0.293. The van der Waals surface area contributed by atoms with Gasteiger partial charge in [0.2, 0.25) is 0 Å². The summed E-state index contributed by atoms with van der Waals surface area (Å²) in [7, 11) is 0. The molecule has 0 aliphatic heterocycles. The Morgan fingerprint density at radius 1 is 0.765 bits per heavy atom. The van der Waals surface area contributed by atoms with Crippen LogP contribution in [0.1, 0.15) is 11.1 Å². The SMILES string of the molecule is Nc1cc(N)cc(CCc2ccc(O)cc2)c1. The molecule has 3 heteroatoms. The Hall–Kier alpha value is -2.16. The standard InChI is InChI=1S/C14H16N2O/c15-12-7-11(8-13(16)9-12)2-1-10-3-5-14(17)6-4-10/h3-9,17H,1-2,15-16H2. The Morgan fingerprint density at radius 3 is 1.88 bits per heavy atom. The summed E-state index contributed by atoms with van der Waals surface area (Å²) < 4.78 is 0. The van der Waals surface area contributed by atoms with Crippen molar-refractivity contribution in [3.05, 3.63) is 53.6 Å². The highest BCUT2D eigenvalue weighted by Crippen LogP contribution is 2.16. The third-order valence-electron chi connectivity index (χ3n) is 2.68. The molecule has 0 heterocycles. The zero-order chi connectivity index (χ0) is 12.3. The molecule has 0 aromatic heterocycles. The van der Waals surface area contributed by atoms with Crippen molar-refractivity contribution in [3.8, 4) is 5.75 Å². The van der Waals surface area contributed by atoms with Crippen LogP contribution < -0.4 is 11.5 Å². The van der Waals surface area contributed by atoms with Crippen LogP contribution in [0.2, 0.25) is 0 Å². The topological polar surface area (TPSA) is 72.3 Å². The van der Waals surface area contributed by atoms with Crippen molar-refractivity contribution in [2.24, 2.45) is 0 Å². The first kappa shape index (κ1) is 11.3. The van der Waals surface area contributed by atoms with Crippen molar-refractivity contribution in [2.45, 2.75) is 12.8 Å². The van der Waals surface area contributed by atoms with E-state index in [-0.39, 0.29) is 0 Å². The van der Waals surface area contributed by atoms with Gasteiger partial charge in [-0.15, -0.1) is 0 Å². The lowest BCUT2D eigenvalue weighted by Crippen LogP contribution is -1.96. The predicted octanol–water partition coefficient (Wildman–Crippen LogP) is 2.34. The van der Waals surface area contributed by atoms with Gasteiger partial charge >= 0.3 is 0 Å². The van der Waals surface area contributed by atoms with Crippen molar-refractivity contribution in [1.29, 1.82) is 0 Å². The highest BCUT2D eigenvalue weighted by molar-refractivity contribution is 5.54. The number of phenolic OH excluding ortho intramolecular Hbond substituents is 1. The molecule has 0 aliphatic rings. The predicted molar refractivity (Wildman–Crippen MR) is 70.8 cm³/mol. The second kappa shape index (κ2) is 4.78. The largest absolute Gasteiger partial charge is 0.508 e. The summed E-state index contributed by atoms with van der Waals surface area (Å²) in [4.78, 5) is 0. The second-order valence-electron chi connectivity index (χ2n) is 4.17. The van der Waals surface area contributed by atoms with Crippen LogP contribution in [-0.4, -0.2) is 5.11 Å². The van der Waals surface area contributed by atoms with Gasteiger partial charge < -0.3 is 16.6 Å². The Morgan fingerprint density at radius 2 is 1.29 bits per heavy atom. The number of phenols is 1. The molecule has 0 unspecified atom stereocenters. The zero-order valence-corrected chi connectivity index (χ0v) is 9.56. The van der Waals surface area contributed by atoms with E-state index in [0.29, 0.717) is 17.1 Å². The number of hydrogen-bond acceptors (Lipinski definition) is 3. The molecule has 2 rings (SSSR count). The number of aromatic hydroxyl groups is 1. The number of aryl methyl sites for hydroxylation is 2. The number of rotatable bonds is 3. The maximum absolute atomic E-state index is 9.18. The summed E-state index contributed by atoms with van der Waals surface area (Å²) in [6.45, 7) is 0. The molecule has 0 fully saturated rings. The molecule has 0 amide bonds. The Labute approximate surface area is 101 Å². The lowest BCUT2D eigenvalue weighted by atomic mass is 10.0. The zero-order valence-electron chi connectivity index (χ0n) is 9.56. The van der Waals surface area contributed by atoms with E-state index in [9.17, 15) is 5.11 Å². The fourth-order valence-electron chi connectivity index (χ4n) is 1.84. The van der Waals surface area contributed by atoms with Crippen LogP contribution in [0.4, 0.5) is 11.4 Å². The molecule has 0 radical (unpaired) electrons. The van der Waals surface area contributed by atoms with Gasteiger partial charge in [-0.1, -0.05) is 12.1 Å². The summed E-state index contributed by atoms with van der Waals surface area (Å²) in [6.07, 6.45) is 1.79. The lowest BCUT2D eigenvalue weighted by molar-refractivity contribution is 0.475. The molecule has 0 bridgehead atoms. The number of nitrogens with two attached hydrogens (primary N) is 2. The molecule has 0 aliphatic carbocycles. The highest BCUT2D eigenvalue weighted by atomic mass is 16.3. The first-order valence-electron chi connectivity index (χ1n) is 5.56. The van der Waals surface area contributed by atoms with Gasteiger partial charge in [0, 0.05) is 11.4 Å². The summed E-state index contributed by atoms with van der Waals surface area (Å²) in [5, 5.41) is 9.18. The molecule has 0 saturated heterocycles. The van der Waals surface area contributed by atoms with E-state index in [1.54, 1.807) is 18.2 Å². The van der Waals surface area contributed by atoms with Crippen LogP contribution in [0, 0.1) is 0 Å². The molecule has 3 nitrogen and oxygen atoms in total. The Balaban J connectivity index is 2.04. The van der Waals surface area contributed by atoms with E-state index >= 15 is 0 Å². The minimum absolute atomic E-state index is 0.293. The fourth-order valence-corrected chi connectivity index (χ4v) is 1.84. The summed E-state index contributed by atoms with van der Waals surface area (Å²) >= 11 is 0. The van der Waals surface area contributed by atoms with Gasteiger partial charge in [-0.05, 0) is 54.3 Å². The minimum Gasteiger partial charge on any atom is -0.508 e. The first-order chi connectivity index (χ1) is 8.13. The van der Waals surface area contributed by atoms with E-state index in [1.165, 1.54) is 5.56 Å². The van der Waals surface area contributed by atoms with Gasteiger partial charge in [0.15, 0.2) is 0 Å². The molecule has 88 valence electrons. The van der Waals surface area contributed by atoms with Gasteiger partial charge in [-0.25, -0.2) is 0 Å². The third-order valence-corrected chi connectivity index (χ3v) is 2.68. The minimum atomic E-state index is 0.293. The van der Waals surface area contributed by atoms with Crippen LogP contribution in [0.3, 0.4) is 0 Å². The van der Waals surface area contributed by atoms with Crippen molar-refractivity contribution in [2.75, 3.05) is 11.5 Å². The quantitative estimate of drug-likeness (QED) is 0.706. The number of nitrogen functional groups attached to an aromatic ring is 2. The third kappa shape index (κ3) is 3.14. The van der Waals surface area contributed by atoms with Crippen LogP contribution in [0.15, 0.2) is 42.5 Å². The molecular formula is C14H16N2O. The van der Waals surface area contributed by atoms with Gasteiger partial charge in [-0.3, -0.25) is 0 Å². The normalized spacial score (nSPS) is 10.4. The van der Waals surface area contributed by atoms with Gasteiger partial charge in [-0.2, -0.15) is 0 Å². The first-order valence-corrected chi connectivity index (χ1v) is 5.56. The summed E-state index contributed by atoms with van der Waals surface area (Å²) in [5.41, 5.74) is 15.2. The number of anilines is 2. The maximum Gasteiger partial charge on any atom is 0.115 e. The van der Waals surface area contributed by atoms with Crippen molar-refractivity contribution >= 4 is 11.4 Å². The van der Waals surface area contributed by atoms with Crippen LogP contribution in [-0.2, 0) is 12.8 Å². The molecule has 0 saturated carbocycles. The van der Waals surface area contributed by atoms with Crippen molar-refractivity contribution in [1.82, 2.24) is 0 Å². The maximum atomic E-state index is 9.18. The van der Waals surface area contributed by atoms with E-state index < -0.39 is 0 Å². The summed E-state index contributed by atoms with van der Waals surface area (Å²) in [6, 6.07) is 12.9. The molecule has 5 N–H and O–H groups in total. The molecule has 17 heavy (non-hydrogen) atoms. The van der Waals surface area contributed by atoms with Crippen LogP contribution >= 0.6 is 0 Å². The van der Waals surface area contributed by atoms with Crippen LogP contribution in [0.25, 0.3) is 0 Å². The fraction of sp³-hybridized carbons (Fsp3) is 0.143. The second-order valence-corrected chi connectivity index (χ2v) is 4.17. The average Bonchev–Trinajstić information content (AvgIpc) is 2.27. The number of benzene rings is 2. The molecular weight excluding hydrogens is 212 g/mol. The average molecular weight is 228 g/mol. The Bertz CT molecular complexity index is 486. The molecule has 2 aromatic carbocycles. The molecule has 0 spiro atoms. The van der Waals surface area contributed by atoms with Gasteiger partial charge in [0.1, 0.15) is 5.75 Å². The Kier molecular flexibility index (Phi) is 3.19. The van der Waals surface area contributed by atoms with E-state index in [0.717, 1.165) is 18.4 Å². The van der Waals surface area contributed by atoms with E-state index in [2.05, 4.69) is 0 Å². The smallest absolute Gasteiger partial charge is 0.115 e. The highest BCUT2D eigenvalue weighted by Gasteiger charge is 1.99. The van der Waals surface area contributed by atoms with Crippen LogP contribution in [0.5, 0.6) is 5.75 Å². The molecule has 2 aromatic rings. The number of hydrogen-bond donors (Lipinski definition) is 3. The molecule has 0 atom stereocenters. The van der Waals surface area contributed by atoms with Gasteiger partial charge in [0.25, 0.3) is 0 Å². The monoisotopic (exact) mass is 228 g/mol.